The lowest BCUT2D eigenvalue weighted by atomic mass is 10.2. The van der Waals surface area contributed by atoms with Gasteiger partial charge in [0.25, 0.3) is 10.0 Å². The number of thiophene rings is 1. The van der Waals surface area contributed by atoms with Crippen molar-refractivity contribution in [2.45, 2.75) is 16.5 Å². The van der Waals surface area contributed by atoms with Crippen LogP contribution in [-0.4, -0.2) is 36.9 Å². The first-order valence-electron chi connectivity index (χ1n) is 6.61. The Hall–Kier alpha value is -1.36. The Morgan fingerprint density at radius 2 is 1.96 bits per heavy atom. The van der Waals surface area contributed by atoms with E-state index in [1.54, 1.807) is 0 Å². The molecule has 1 fully saturated rings. The molecular weight excluding hydrogens is 389 g/mol. The molecule has 130 valence electrons. The summed E-state index contributed by atoms with van der Waals surface area (Å²) in [6.45, 7) is 0.196. The monoisotopic (exact) mass is 398 g/mol. The molecule has 0 spiro atoms. The maximum absolute atomic E-state index is 12.4. The molecule has 0 bridgehead atoms. The van der Waals surface area contributed by atoms with E-state index in [9.17, 15) is 21.6 Å². The summed E-state index contributed by atoms with van der Waals surface area (Å²) in [7, 11) is -3.61. The molecule has 1 aliphatic rings. The highest BCUT2D eigenvalue weighted by Crippen LogP contribution is 2.32. The molecule has 0 N–H and O–H groups in total. The molecule has 0 saturated carbocycles. The van der Waals surface area contributed by atoms with Crippen molar-refractivity contribution in [3.05, 3.63) is 40.4 Å². The van der Waals surface area contributed by atoms with Gasteiger partial charge in [-0.15, -0.1) is 11.3 Å². The van der Waals surface area contributed by atoms with Gasteiger partial charge >= 0.3 is 6.18 Å². The zero-order chi connectivity index (χ0) is 17.5. The molecule has 0 radical (unpaired) electrons. The fourth-order valence-corrected chi connectivity index (χ4v) is 5.16. The number of pyridine rings is 1. The lowest BCUT2D eigenvalue weighted by Crippen LogP contribution is -2.55. The van der Waals surface area contributed by atoms with E-state index in [-0.39, 0.29) is 23.2 Å². The standard InChI is InChI=1S/C13H10ClF3N2O3S2/c14-10-2-4-12(23-10)24(20,21)19-6-9(7-19)22-11-3-1-8(5-18-11)13(15,16)17/h1-5,9H,6-7H2. The molecule has 0 unspecified atom stereocenters. The van der Waals surface area contributed by atoms with Gasteiger partial charge in [0.15, 0.2) is 0 Å². The van der Waals surface area contributed by atoms with E-state index in [0.29, 0.717) is 10.5 Å². The molecule has 2 aromatic rings. The molecule has 1 aliphatic heterocycles. The Morgan fingerprint density at radius 1 is 1.25 bits per heavy atom. The molecule has 5 nitrogen and oxygen atoms in total. The Kier molecular flexibility index (Phi) is 4.49. The molecule has 2 aromatic heterocycles. The van der Waals surface area contributed by atoms with Crippen molar-refractivity contribution in [2.75, 3.05) is 13.1 Å². The van der Waals surface area contributed by atoms with Crippen LogP contribution in [0, 0.1) is 0 Å². The fourth-order valence-electron chi connectivity index (χ4n) is 2.02. The van der Waals surface area contributed by atoms with Gasteiger partial charge in [0, 0.05) is 12.3 Å². The molecule has 3 rings (SSSR count). The molecule has 0 aliphatic carbocycles. The van der Waals surface area contributed by atoms with Crippen LogP contribution >= 0.6 is 22.9 Å². The van der Waals surface area contributed by atoms with Crippen molar-refractivity contribution in [1.82, 2.24) is 9.29 Å². The third-order valence-corrected chi connectivity index (χ3v) is 6.84. The summed E-state index contributed by atoms with van der Waals surface area (Å²) in [6.07, 6.45) is -4.25. The van der Waals surface area contributed by atoms with Gasteiger partial charge in [0.1, 0.15) is 10.3 Å². The van der Waals surface area contributed by atoms with Crippen molar-refractivity contribution >= 4 is 33.0 Å². The summed E-state index contributed by atoms with van der Waals surface area (Å²) < 4.78 is 68.9. The van der Waals surface area contributed by atoms with Gasteiger partial charge in [-0.25, -0.2) is 13.4 Å². The minimum absolute atomic E-state index is 0.0178. The van der Waals surface area contributed by atoms with Gasteiger partial charge in [-0.3, -0.25) is 0 Å². The maximum Gasteiger partial charge on any atom is 0.417 e. The number of halogens is 4. The number of alkyl halides is 3. The number of nitrogens with zero attached hydrogens (tertiary/aromatic N) is 2. The third-order valence-electron chi connectivity index (χ3n) is 3.31. The van der Waals surface area contributed by atoms with Crippen molar-refractivity contribution in [2.24, 2.45) is 0 Å². The van der Waals surface area contributed by atoms with Gasteiger partial charge in [-0.1, -0.05) is 11.6 Å². The molecule has 24 heavy (non-hydrogen) atoms. The predicted octanol–water partition coefficient (Wildman–Crippen LogP) is 3.27. The minimum Gasteiger partial charge on any atom is -0.472 e. The minimum atomic E-state index is -4.46. The molecule has 0 amide bonds. The van der Waals surface area contributed by atoms with E-state index in [1.165, 1.54) is 16.4 Å². The van der Waals surface area contributed by atoms with Gasteiger partial charge in [0.05, 0.1) is 23.0 Å². The normalized spacial score (nSPS) is 16.8. The van der Waals surface area contributed by atoms with Crippen LogP contribution in [0.5, 0.6) is 5.88 Å². The number of rotatable bonds is 4. The maximum atomic E-state index is 12.4. The number of ether oxygens (including phenoxy) is 1. The number of hydrogen-bond acceptors (Lipinski definition) is 5. The first-order chi connectivity index (χ1) is 11.2. The topological polar surface area (TPSA) is 59.5 Å². The second-order valence-corrected chi connectivity index (χ2v) is 8.88. The van der Waals surface area contributed by atoms with Gasteiger partial charge in [0.2, 0.25) is 5.88 Å². The van der Waals surface area contributed by atoms with E-state index in [4.69, 9.17) is 16.3 Å². The Bertz CT molecular complexity index is 831. The van der Waals surface area contributed by atoms with Crippen molar-refractivity contribution in [3.63, 3.8) is 0 Å². The zero-order valence-electron chi connectivity index (χ0n) is 11.8. The average molecular weight is 399 g/mol. The molecule has 0 aromatic carbocycles. The van der Waals surface area contributed by atoms with E-state index in [1.807, 2.05) is 0 Å². The first-order valence-corrected chi connectivity index (χ1v) is 9.25. The van der Waals surface area contributed by atoms with E-state index in [2.05, 4.69) is 4.98 Å². The fraction of sp³-hybridized carbons (Fsp3) is 0.308. The van der Waals surface area contributed by atoms with Crippen LogP contribution in [0.2, 0.25) is 4.34 Å². The van der Waals surface area contributed by atoms with Crippen LogP contribution in [-0.2, 0) is 16.2 Å². The molecular formula is C13H10ClF3N2O3S2. The Balaban J connectivity index is 1.59. The molecule has 3 heterocycles. The Morgan fingerprint density at radius 3 is 2.46 bits per heavy atom. The van der Waals surface area contributed by atoms with Crippen molar-refractivity contribution in [1.29, 1.82) is 0 Å². The summed E-state index contributed by atoms with van der Waals surface area (Å²) in [5.74, 6) is 0.0178. The van der Waals surface area contributed by atoms with Crippen LogP contribution in [0.1, 0.15) is 5.56 Å². The SMILES string of the molecule is O=S(=O)(c1ccc(Cl)s1)N1CC(Oc2ccc(C(F)(F)F)cn2)C1. The average Bonchev–Trinajstić information content (AvgIpc) is 2.89. The lowest BCUT2D eigenvalue weighted by Gasteiger charge is -2.37. The smallest absolute Gasteiger partial charge is 0.417 e. The summed E-state index contributed by atoms with van der Waals surface area (Å²) in [5, 5.41) is 0. The number of sulfonamides is 1. The highest BCUT2D eigenvalue weighted by Gasteiger charge is 2.39. The highest BCUT2D eigenvalue weighted by molar-refractivity contribution is 7.91. The largest absolute Gasteiger partial charge is 0.472 e. The molecule has 1 saturated heterocycles. The predicted molar refractivity (Wildman–Crippen MR) is 81.7 cm³/mol. The number of hydrogen-bond donors (Lipinski definition) is 0. The second kappa shape index (κ2) is 6.17. The van der Waals surface area contributed by atoms with Gasteiger partial charge < -0.3 is 4.74 Å². The zero-order valence-corrected chi connectivity index (χ0v) is 14.2. The summed E-state index contributed by atoms with van der Waals surface area (Å²) in [4.78, 5) is 3.59. The van der Waals surface area contributed by atoms with Gasteiger partial charge in [-0.2, -0.15) is 17.5 Å². The second-order valence-electron chi connectivity index (χ2n) is 5.00. The summed E-state index contributed by atoms with van der Waals surface area (Å²) in [6, 6.07) is 4.90. The van der Waals surface area contributed by atoms with Crippen LogP contribution in [0.3, 0.4) is 0 Å². The summed E-state index contributed by atoms with van der Waals surface area (Å²) in [5.41, 5.74) is -0.873. The van der Waals surface area contributed by atoms with Crippen LogP contribution in [0.25, 0.3) is 0 Å². The first kappa shape index (κ1) is 17.5. The summed E-state index contributed by atoms with van der Waals surface area (Å²) >= 11 is 6.69. The molecule has 11 heteroatoms. The van der Waals surface area contributed by atoms with Crippen molar-refractivity contribution in [3.8, 4) is 5.88 Å². The lowest BCUT2D eigenvalue weighted by molar-refractivity contribution is -0.137. The van der Waals surface area contributed by atoms with Crippen molar-refractivity contribution < 1.29 is 26.3 Å². The van der Waals surface area contributed by atoms with E-state index < -0.39 is 27.9 Å². The van der Waals surface area contributed by atoms with E-state index >= 15 is 0 Å². The van der Waals surface area contributed by atoms with Crippen LogP contribution in [0.4, 0.5) is 13.2 Å². The van der Waals surface area contributed by atoms with Crippen LogP contribution in [0.15, 0.2) is 34.7 Å². The number of aromatic nitrogens is 1. The highest BCUT2D eigenvalue weighted by atomic mass is 35.5. The van der Waals surface area contributed by atoms with Crippen LogP contribution < -0.4 is 4.74 Å². The third kappa shape index (κ3) is 3.51. The van der Waals surface area contributed by atoms with Gasteiger partial charge in [-0.05, 0) is 18.2 Å². The Labute approximate surface area is 144 Å². The van der Waals surface area contributed by atoms with E-state index in [0.717, 1.165) is 23.5 Å². The molecule has 0 atom stereocenters. The quantitative estimate of drug-likeness (QED) is 0.793.